The van der Waals surface area contributed by atoms with Crippen molar-refractivity contribution in [3.63, 3.8) is 0 Å². The Kier molecular flexibility index (Phi) is 8.47. The molecule has 0 radical (unpaired) electrons. The number of hydrogen-bond donors (Lipinski definition) is 3. The third-order valence-corrected chi connectivity index (χ3v) is 5.55. The first-order chi connectivity index (χ1) is 13.2. The Morgan fingerprint density at radius 3 is 2.25 bits per heavy atom. The topological polar surface area (TPSA) is 97.7 Å². The molecule has 156 valence electrons. The van der Waals surface area contributed by atoms with E-state index in [2.05, 4.69) is 58.6 Å². The van der Waals surface area contributed by atoms with Gasteiger partial charge in [0.2, 0.25) is 0 Å². The lowest BCUT2D eigenvalue weighted by Crippen LogP contribution is -2.41. The zero-order valence-corrected chi connectivity index (χ0v) is 17.8. The molecule has 7 heteroatoms. The van der Waals surface area contributed by atoms with Crippen LogP contribution in [-0.2, 0) is 35.4 Å². The molecule has 1 atom stereocenters. The van der Waals surface area contributed by atoms with E-state index in [1.54, 1.807) is 6.92 Å². The molecule has 0 aliphatic carbocycles. The van der Waals surface area contributed by atoms with Gasteiger partial charge in [0.1, 0.15) is 0 Å². The summed E-state index contributed by atoms with van der Waals surface area (Å²) in [5.41, 5.74) is 9.20. The molecule has 4 N–H and O–H groups in total. The van der Waals surface area contributed by atoms with Crippen LogP contribution < -0.4 is 5.73 Å². The third kappa shape index (κ3) is 8.29. The fraction of sp³-hybridized carbons (Fsp3) is 0.524. The van der Waals surface area contributed by atoms with Gasteiger partial charge >= 0.3 is 7.82 Å². The highest BCUT2D eigenvalue weighted by molar-refractivity contribution is 7.46. The predicted molar refractivity (Wildman–Crippen MR) is 112 cm³/mol. The summed E-state index contributed by atoms with van der Waals surface area (Å²) in [6.07, 6.45) is 7.07. The second-order valence-electron chi connectivity index (χ2n) is 7.84. The van der Waals surface area contributed by atoms with E-state index < -0.39 is 13.4 Å². The van der Waals surface area contributed by atoms with Crippen LogP contribution >= 0.6 is 7.82 Å². The summed E-state index contributed by atoms with van der Waals surface area (Å²) in [6.45, 7) is 1.58. The summed E-state index contributed by atoms with van der Waals surface area (Å²) in [5, 5.41) is 0. The van der Waals surface area contributed by atoms with Crippen LogP contribution in [0.1, 0.15) is 49.6 Å². The van der Waals surface area contributed by atoms with Gasteiger partial charge in [-0.05, 0) is 63.1 Å². The number of rotatable bonds is 12. The maximum Gasteiger partial charge on any atom is 0.469 e. The van der Waals surface area contributed by atoms with Gasteiger partial charge in [-0.3, -0.25) is 4.52 Å². The van der Waals surface area contributed by atoms with E-state index in [0.717, 1.165) is 25.7 Å². The Morgan fingerprint density at radius 1 is 1.00 bits per heavy atom. The zero-order valence-electron chi connectivity index (χ0n) is 16.9. The van der Waals surface area contributed by atoms with E-state index in [0.29, 0.717) is 6.42 Å². The Hall–Kier alpha value is -1.43. The van der Waals surface area contributed by atoms with Crippen LogP contribution in [0.15, 0.2) is 42.5 Å². The highest BCUT2D eigenvalue weighted by Gasteiger charge is 2.24. The number of aromatic nitrogens is 1. The van der Waals surface area contributed by atoms with Crippen molar-refractivity contribution in [1.29, 1.82) is 0 Å². The molecule has 0 saturated heterocycles. The molecule has 0 bridgehead atoms. The molecular weight excluding hydrogens is 375 g/mol. The highest BCUT2D eigenvalue weighted by atomic mass is 31.2. The minimum absolute atomic E-state index is 0.171. The molecule has 1 aromatic carbocycles. The minimum Gasteiger partial charge on any atom is -0.352 e. The summed E-state index contributed by atoms with van der Waals surface area (Å²) in [5.74, 6) is 0. The first-order valence-corrected chi connectivity index (χ1v) is 11.4. The lowest BCUT2D eigenvalue weighted by atomic mass is 9.97. The molecule has 6 nitrogen and oxygen atoms in total. The van der Waals surface area contributed by atoms with Gasteiger partial charge < -0.3 is 20.1 Å². The molecule has 0 saturated carbocycles. The first-order valence-electron chi connectivity index (χ1n) is 9.83. The molecule has 1 heterocycles. The van der Waals surface area contributed by atoms with Gasteiger partial charge in [-0.25, -0.2) is 4.57 Å². The largest absolute Gasteiger partial charge is 0.469 e. The normalized spacial score (nSPS) is 14.2. The monoisotopic (exact) mass is 408 g/mol. The van der Waals surface area contributed by atoms with Gasteiger partial charge in [0.15, 0.2) is 0 Å². The number of unbranched alkanes of at least 4 members (excludes halogenated alkanes) is 2. The van der Waals surface area contributed by atoms with Crippen molar-refractivity contribution in [2.24, 2.45) is 12.8 Å². The fourth-order valence-corrected chi connectivity index (χ4v) is 3.74. The summed E-state index contributed by atoms with van der Waals surface area (Å²) < 4.78 is 17.6. The van der Waals surface area contributed by atoms with Crippen molar-refractivity contribution in [2.45, 2.75) is 57.4 Å². The smallest absolute Gasteiger partial charge is 0.352 e. The average Bonchev–Trinajstić information content (AvgIpc) is 2.99. The van der Waals surface area contributed by atoms with Crippen molar-refractivity contribution >= 4 is 7.82 Å². The summed E-state index contributed by atoms with van der Waals surface area (Å²) >= 11 is 0. The van der Waals surface area contributed by atoms with Crippen LogP contribution in [0.3, 0.4) is 0 Å². The van der Waals surface area contributed by atoms with Crippen molar-refractivity contribution < 1.29 is 18.9 Å². The van der Waals surface area contributed by atoms with E-state index in [9.17, 15) is 4.57 Å². The molecule has 2 aromatic rings. The molecule has 0 amide bonds. The molecule has 1 unspecified atom stereocenters. The number of benzene rings is 1. The molecule has 1 aromatic heterocycles. The van der Waals surface area contributed by atoms with Gasteiger partial charge in [0, 0.05) is 24.0 Å². The van der Waals surface area contributed by atoms with Crippen LogP contribution in [0.5, 0.6) is 0 Å². The summed E-state index contributed by atoms with van der Waals surface area (Å²) in [4.78, 5) is 17.7. The molecular formula is C21H33N2O4P. The maximum atomic E-state index is 10.8. The number of nitrogens with two attached hydrogens (primary N) is 1. The maximum absolute atomic E-state index is 10.8. The average molecular weight is 408 g/mol. The highest BCUT2D eigenvalue weighted by Crippen LogP contribution is 2.36. The van der Waals surface area contributed by atoms with Crippen LogP contribution in [0, 0.1) is 0 Å². The van der Waals surface area contributed by atoms with E-state index in [4.69, 9.17) is 15.5 Å². The molecule has 2 rings (SSSR count). The van der Waals surface area contributed by atoms with Crippen molar-refractivity contribution in [3.8, 4) is 0 Å². The number of aryl methyl sites for hydroxylation is 3. The molecule has 0 fully saturated rings. The number of hydrogen-bond acceptors (Lipinski definition) is 3. The second-order valence-corrected chi connectivity index (χ2v) is 9.08. The van der Waals surface area contributed by atoms with Crippen molar-refractivity contribution in [2.75, 3.05) is 6.61 Å². The minimum atomic E-state index is -4.49. The van der Waals surface area contributed by atoms with Crippen LogP contribution in [0.25, 0.3) is 0 Å². The van der Waals surface area contributed by atoms with E-state index in [-0.39, 0.29) is 6.61 Å². The lowest BCUT2D eigenvalue weighted by Gasteiger charge is -2.24. The van der Waals surface area contributed by atoms with Gasteiger partial charge in [-0.2, -0.15) is 0 Å². The van der Waals surface area contributed by atoms with Crippen LogP contribution in [-0.4, -0.2) is 26.5 Å². The fourth-order valence-electron chi connectivity index (χ4n) is 3.28. The predicted octanol–water partition coefficient (Wildman–Crippen LogP) is 3.74. The SMILES string of the molecule is Cn1c(CCCCCc2ccccc2)ccc1CCC(C)(N)COP(=O)(O)O. The van der Waals surface area contributed by atoms with Gasteiger partial charge in [-0.1, -0.05) is 36.8 Å². The quantitative estimate of drug-likeness (QED) is 0.367. The first kappa shape index (κ1) is 22.9. The van der Waals surface area contributed by atoms with Crippen LogP contribution in [0.2, 0.25) is 0 Å². The van der Waals surface area contributed by atoms with E-state index in [1.165, 1.54) is 29.8 Å². The van der Waals surface area contributed by atoms with E-state index in [1.807, 2.05) is 0 Å². The van der Waals surface area contributed by atoms with E-state index >= 15 is 0 Å². The van der Waals surface area contributed by atoms with Crippen LogP contribution in [0.4, 0.5) is 0 Å². The summed E-state index contributed by atoms with van der Waals surface area (Å²) in [6, 6.07) is 14.9. The van der Waals surface area contributed by atoms with Gasteiger partial charge in [0.25, 0.3) is 0 Å². The van der Waals surface area contributed by atoms with Crippen molar-refractivity contribution in [1.82, 2.24) is 4.57 Å². The second kappa shape index (κ2) is 10.4. The Balaban J connectivity index is 1.73. The van der Waals surface area contributed by atoms with Crippen molar-refractivity contribution in [3.05, 3.63) is 59.4 Å². The number of phosphoric acid groups is 1. The molecule has 0 aliphatic heterocycles. The Labute approximate surface area is 168 Å². The lowest BCUT2D eigenvalue weighted by molar-refractivity contribution is 0.154. The van der Waals surface area contributed by atoms with Gasteiger partial charge in [-0.15, -0.1) is 0 Å². The number of phosphoric ester groups is 1. The molecule has 0 spiro atoms. The number of nitrogens with zero attached hydrogens (tertiary/aromatic N) is 1. The van der Waals surface area contributed by atoms with Gasteiger partial charge in [0.05, 0.1) is 6.61 Å². The molecule has 28 heavy (non-hydrogen) atoms. The molecule has 0 aliphatic rings. The third-order valence-electron chi connectivity index (χ3n) is 5.09. The Bertz CT molecular complexity index is 768. The standard InChI is InChI=1S/C21H33N2O4P/c1-21(22,17-27-28(24,25)26)16-15-20-14-13-19(23(20)2)12-8-4-7-11-18-9-5-3-6-10-18/h3,5-6,9-10,13-14H,4,7-8,11-12,15-17,22H2,1-2H3,(H2,24,25,26). The zero-order chi connectivity index (χ0) is 20.6. The summed E-state index contributed by atoms with van der Waals surface area (Å²) in [7, 11) is -2.42. The Morgan fingerprint density at radius 2 is 1.61 bits per heavy atom.